The zero-order valence-electron chi connectivity index (χ0n) is 16.3. The van der Waals surface area contributed by atoms with Crippen LogP contribution in [0.15, 0.2) is 36.4 Å². The molecule has 3 rings (SSSR count). The summed E-state index contributed by atoms with van der Waals surface area (Å²) in [5, 5.41) is 4.98. The van der Waals surface area contributed by atoms with Crippen molar-refractivity contribution in [2.45, 2.75) is 19.9 Å². The van der Waals surface area contributed by atoms with E-state index in [4.69, 9.17) is 0 Å². The molecule has 2 N–H and O–H groups in total. The minimum Gasteiger partial charge on any atom is -0.350 e. The average molecular weight is 415 g/mol. The van der Waals surface area contributed by atoms with Crippen LogP contribution >= 0.6 is 0 Å². The molecule has 0 spiro atoms. The monoisotopic (exact) mass is 415 g/mol. The topological polar surface area (TPSA) is 95.6 Å². The molecule has 0 fully saturated rings. The van der Waals surface area contributed by atoms with Gasteiger partial charge in [0, 0.05) is 30.8 Å². The molecule has 7 nitrogen and oxygen atoms in total. The smallest absolute Gasteiger partial charge is 0.261 e. The first kappa shape index (κ1) is 21.1. The van der Waals surface area contributed by atoms with Gasteiger partial charge in [-0.05, 0) is 44.2 Å². The van der Waals surface area contributed by atoms with E-state index in [2.05, 4.69) is 10.6 Å². The minimum atomic E-state index is -0.982. The van der Waals surface area contributed by atoms with Crippen molar-refractivity contribution in [3.05, 3.63) is 70.3 Å². The van der Waals surface area contributed by atoms with E-state index in [1.54, 1.807) is 13.8 Å². The largest absolute Gasteiger partial charge is 0.350 e. The summed E-state index contributed by atoms with van der Waals surface area (Å²) < 4.78 is 26.5. The van der Waals surface area contributed by atoms with Crippen LogP contribution in [0, 0.1) is 11.6 Å². The van der Waals surface area contributed by atoms with E-state index in [9.17, 15) is 28.0 Å². The van der Waals surface area contributed by atoms with E-state index in [0.29, 0.717) is 6.07 Å². The van der Waals surface area contributed by atoms with Crippen molar-refractivity contribution in [3.63, 3.8) is 0 Å². The first-order valence-electron chi connectivity index (χ1n) is 9.24. The normalized spacial score (nSPS) is 12.9. The van der Waals surface area contributed by atoms with Crippen LogP contribution in [-0.4, -0.2) is 47.7 Å². The van der Waals surface area contributed by atoms with Crippen molar-refractivity contribution < 1.29 is 28.0 Å². The number of nitrogens with one attached hydrogen (secondary N) is 2. The van der Waals surface area contributed by atoms with E-state index in [-0.39, 0.29) is 41.4 Å². The number of carbonyl (C=O) groups is 4. The molecule has 0 aromatic heterocycles. The molecule has 0 bridgehead atoms. The van der Waals surface area contributed by atoms with Crippen molar-refractivity contribution >= 4 is 23.6 Å². The summed E-state index contributed by atoms with van der Waals surface area (Å²) in [5.41, 5.74) is 0.302. The molecule has 2 aromatic rings. The van der Waals surface area contributed by atoms with Gasteiger partial charge in [-0.3, -0.25) is 24.1 Å². The summed E-state index contributed by atoms with van der Waals surface area (Å²) in [6.45, 7) is 3.49. The lowest BCUT2D eigenvalue weighted by molar-refractivity contribution is 0.0608. The highest BCUT2D eigenvalue weighted by Crippen LogP contribution is 2.25. The van der Waals surface area contributed by atoms with Crippen LogP contribution in [-0.2, 0) is 0 Å². The van der Waals surface area contributed by atoms with Crippen LogP contribution in [0.3, 0.4) is 0 Å². The van der Waals surface area contributed by atoms with Crippen LogP contribution in [0.5, 0.6) is 0 Å². The van der Waals surface area contributed by atoms with Gasteiger partial charge in [0.25, 0.3) is 23.6 Å². The molecule has 156 valence electrons. The van der Waals surface area contributed by atoms with Crippen molar-refractivity contribution in [1.29, 1.82) is 0 Å². The van der Waals surface area contributed by atoms with E-state index in [1.165, 1.54) is 18.2 Å². The number of nitrogens with zero attached hydrogens (tertiary/aromatic N) is 1. The Labute approximate surface area is 171 Å². The van der Waals surface area contributed by atoms with E-state index in [1.807, 2.05) is 0 Å². The highest BCUT2D eigenvalue weighted by atomic mass is 19.1. The van der Waals surface area contributed by atoms with Gasteiger partial charge in [0.2, 0.25) is 0 Å². The molecule has 0 atom stereocenters. The lowest BCUT2D eigenvalue weighted by atomic mass is 10.1. The van der Waals surface area contributed by atoms with E-state index >= 15 is 0 Å². The zero-order chi connectivity index (χ0) is 22.0. The summed E-state index contributed by atoms with van der Waals surface area (Å²) in [7, 11) is 0. The highest BCUT2D eigenvalue weighted by molar-refractivity contribution is 6.22. The number of imide groups is 1. The Morgan fingerprint density at radius 3 is 2.17 bits per heavy atom. The molecule has 4 amide bonds. The molecule has 0 radical (unpaired) electrons. The minimum absolute atomic E-state index is 0.00484. The molecule has 2 aromatic carbocycles. The Balaban J connectivity index is 1.57. The fraction of sp³-hybridized carbons (Fsp3) is 0.238. The van der Waals surface area contributed by atoms with Gasteiger partial charge in [-0.15, -0.1) is 0 Å². The second-order valence-corrected chi connectivity index (χ2v) is 6.97. The SMILES string of the molecule is CC(C)N1C(=O)c2ccc(C(=O)NCCNC(=O)c3ccc(F)cc3F)cc2C1=O. The Hall–Kier alpha value is -3.62. The van der Waals surface area contributed by atoms with Crippen molar-refractivity contribution in [2.75, 3.05) is 13.1 Å². The number of carbonyl (C=O) groups excluding carboxylic acids is 4. The second kappa shape index (κ2) is 8.40. The number of fused-ring (bicyclic) bond motifs is 1. The van der Waals surface area contributed by atoms with Gasteiger partial charge in [0.15, 0.2) is 0 Å². The number of hydrogen-bond donors (Lipinski definition) is 2. The fourth-order valence-corrected chi connectivity index (χ4v) is 3.09. The molecule has 0 saturated carbocycles. The second-order valence-electron chi connectivity index (χ2n) is 6.97. The van der Waals surface area contributed by atoms with Crippen molar-refractivity contribution in [3.8, 4) is 0 Å². The molecule has 0 unspecified atom stereocenters. The lowest BCUT2D eigenvalue weighted by Crippen LogP contribution is -2.36. The predicted octanol–water partition coefficient (Wildman–Crippen LogP) is 2.13. The molecule has 1 aliphatic heterocycles. The number of hydrogen-bond acceptors (Lipinski definition) is 4. The molecular weight excluding hydrogens is 396 g/mol. The third-order valence-corrected chi connectivity index (χ3v) is 4.57. The Morgan fingerprint density at radius 1 is 0.900 bits per heavy atom. The molecule has 1 heterocycles. The van der Waals surface area contributed by atoms with E-state index < -0.39 is 35.3 Å². The average Bonchev–Trinajstić information content (AvgIpc) is 2.94. The summed E-state index contributed by atoms with van der Waals surface area (Å²) in [6.07, 6.45) is 0. The van der Waals surface area contributed by atoms with Crippen LogP contribution in [0.2, 0.25) is 0 Å². The van der Waals surface area contributed by atoms with Crippen LogP contribution in [0.25, 0.3) is 0 Å². The standard InChI is InChI=1S/C21H19F2N3O4/c1-11(2)26-20(29)14-5-3-12(9-16(14)21(26)30)18(27)24-7-8-25-19(28)15-6-4-13(22)10-17(15)23/h3-6,9-11H,7-8H2,1-2H3,(H,24,27)(H,25,28). The summed E-state index contributed by atoms with van der Waals surface area (Å²) in [6, 6.07) is 6.55. The first-order valence-corrected chi connectivity index (χ1v) is 9.24. The summed E-state index contributed by atoms with van der Waals surface area (Å²) in [5.74, 6) is -3.85. The number of amides is 4. The zero-order valence-corrected chi connectivity index (χ0v) is 16.3. The quantitative estimate of drug-likeness (QED) is 0.558. The van der Waals surface area contributed by atoms with Gasteiger partial charge >= 0.3 is 0 Å². The Kier molecular flexibility index (Phi) is 5.91. The van der Waals surface area contributed by atoms with Gasteiger partial charge in [0.05, 0.1) is 16.7 Å². The molecule has 0 saturated heterocycles. The third kappa shape index (κ3) is 4.05. The van der Waals surface area contributed by atoms with Crippen LogP contribution < -0.4 is 10.6 Å². The lowest BCUT2D eigenvalue weighted by Gasteiger charge is -2.17. The fourth-order valence-electron chi connectivity index (χ4n) is 3.09. The predicted molar refractivity (Wildman–Crippen MR) is 103 cm³/mol. The molecule has 9 heteroatoms. The van der Waals surface area contributed by atoms with Gasteiger partial charge in [-0.2, -0.15) is 0 Å². The maximum atomic E-state index is 13.6. The van der Waals surface area contributed by atoms with Gasteiger partial charge in [-0.1, -0.05) is 0 Å². The van der Waals surface area contributed by atoms with Crippen molar-refractivity contribution in [2.24, 2.45) is 0 Å². The maximum Gasteiger partial charge on any atom is 0.261 e. The van der Waals surface area contributed by atoms with Gasteiger partial charge in [-0.25, -0.2) is 8.78 Å². The van der Waals surface area contributed by atoms with Crippen LogP contribution in [0.1, 0.15) is 55.3 Å². The van der Waals surface area contributed by atoms with E-state index in [0.717, 1.165) is 17.0 Å². The molecular formula is C21H19F2N3O4. The Morgan fingerprint density at radius 2 is 1.53 bits per heavy atom. The van der Waals surface area contributed by atoms with Crippen molar-refractivity contribution in [1.82, 2.24) is 15.5 Å². The number of rotatable bonds is 6. The van der Waals surface area contributed by atoms with Gasteiger partial charge < -0.3 is 10.6 Å². The first-order chi connectivity index (χ1) is 14.2. The third-order valence-electron chi connectivity index (χ3n) is 4.57. The summed E-state index contributed by atoms with van der Waals surface area (Å²) >= 11 is 0. The summed E-state index contributed by atoms with van der Waals surface area (Å²) in [4.78, 5) is 50.1. The highest BCUT2D eigenvalue weighted by Gasteiger charge is 2.37. The Bertz CT molecular complexity index is 1050. The van der Waals surface area contributed by atoms with Crippen LogP contribution in [0.4, 0.5) is 8.78 Å². The molecule has 30 heavy (non-hydrogen) atoms. The number of benzene rings is 2. The molecule has 0 aliphatic carbocycles. The molecule has 1 aliphatic rings. The number of halogens is 2. The van der Waals surface area contributed by atoms with Gasteiger partial charge in [0.1, 0.15) is 11.6 Å². The maximum absolute atomic E-state index is 13.6.